The highest BCUT2D eigenvalue weighted by Gasteiger charge is 2.25. The fourth-order valence-corrected chi connectivity index (χ4v) is 3.99. The maximum Gasteiger partial charge on any atom is 0.318 e. The van der Waals surface area contributed by atoms with E-state index in [0.717, 1.165) is 28.9 Å². The maximum absolute atomic E-state index is 14.4. The molecule has 4 rings (SSSR count). The van der Waals surface area contributed by atoms with E-state index in [0.29, 0.717) is 30.7 Å². The predicted octanol–water partition coefficient (Wildman–Crippen LogP) is 2.95. The molecule has 0 saturated carbocycles. The molecule has 0 radical (unpaired) electrons. The molecule has 0 aliphatic carbocycles. The lowest BCUT2D eigenvalue weighted by Crippen LogP contribution is -2.33. The Hall–Kier alpha value is -3.13. The van der Waals surface area contributed by atoms with Crippen LogP contribution in [0.3, 0.4) is 0 Å². The zero-order valence-electron chi connectivity index (χ0n) is 17.4. The minimum absolute atomic E-state index is 0.0878. The van der Waals surface area contributed by atoms with Crippen molar-refractivity contribution in [1.82, 2.24) is 14.9 Å². The monoisotopic (exact) mass is 411 g/mol. The molecular weight excluding hydrogens is 385 g/mol. The first kappa shape index (κ1) is 20.2. The summed E-state index contributed by atoms with van der Waals surface area (Å²) in [6.07, 6.45) is 0.566. The first-order valence-electron chi connectivity index (χ1n) is 9.95. The SMILES string of the molecule is C[C@H](CN(C)C)Oc1nc(N)c2c(n1)CN(c1cc(O)c(F)c3ccccc13)CC2. The van der Waals surface area contributed by atoms with Crippen molar-refractivity contribution in [2.45, 2.75) is 26.0 Å². The van der Waals surface area contributed by atoms with Crippen LogP contribution in [0.15, 0.2) is 30.3 Å². The number of anilines is 2. The number of hydrogen-bond acceptors (Lipinski definition) is 7. The van der Waals surface area contributed by atoms with E-state index in [9.17, 15) is 9.50 Å². The van der Waals surface area contributed by atoms with Gasteiger partial charge in [-0.1, -0.05) is 24.3 Å². The van der Waals surface area contributed by atoms with Gasteiger partial charge in [0.2, 0.25) is 0 Å². The van der Waals surface area contributed by atoms with Crippen LogP contribution in [-0.2, 0) is 13.0 Å². The van der Waals surface area contributed by atoms with Crippen LogP contribution >= 0.6 is 0 Å². The van der Waals surface area contributed by atoms with Crippen molar-refractivity contribution in [3.8, 4) is 11.8 Å². The topological polar surface area (TPSA) is 87.7 Å². The normalized spacial score (nSPS) is 14.8. The molecule has 3 N–H and O–H groups in total. The van der Waals surface area contributed by atoms with Gasteiger partial charge in [-0.3, -0.25) is 0 Å². The standard InChI is InChI=1S/C22H26FN5O2/c1-13(11-27(2)3)30-22-25-17-12-28(9-8-16(17)21(24)26-22)18-10-19(29)20(23)15-7-5-4-6-14(15)18/h4-7,10,13,29H,8-9,11-12H2,1-3H3,(H2,24,25,26)/t13-/m1/s1. The molecule has 1 aromatic heterocycles. The minimum Gasteiger partial charge on any atom is -0.505 e. The summed E-state index contributed by atoms with van der Waals surface area (Å²) in [4.78, 5) is 13.0. The van der Waals surface area contributed by atoms with Crippen LogP contribution in [0.2, 0.25) is 0 Å². The molecular formula is C22H26FN5O2. The summed E-state index contributed by atoms with van der Waals surface area (Å²) < 4.78 is 20.2. The van der Waals surface area contributed by atoms with E-state index in [1.165, 1.54) is 6.07 Å². The molecule has 8 heteroatoms. The van der Waals surface area contributed by atoms with Gasteiger partial charge in [0.05, 0.1) is 12.2 Å². The number of nitrogen functional groups attached to an aromatic ring is 1. The lowest BCUT2D eigenvalue weighted by molar-refractivity contribution is 0.163. The Morgan fingerprint density at radius 2 is 2.00 bits per heavy atom. The zero-order chi connectivity index (χ0) is 21.4. The smallest absolute Gasteiger partial charge is 0.318 e. The molecule has 3 aromatic rings. The van der Waals surface area contributed by atoms with E-state index in [1.54, 1.807) is 12.1 Å². The summed E-state index contributed by atoms with van der Waals surface area (Å²) in [5.74, 6) is -0.541. The summed E-state index contributed by atoms with van der Waals surface area (Å²) in [7, 11) is 3.95. The third-order valence-electron chi connectivity index (χ3n) is 5.28. The van der Waals surface area contributed by atoms with Gasteiger partial charge in [-0.15, -0.1) is 0 Å². The average Bonchev–Trinajstić information content (AvgIpc) is 2.69. The summed E-state index contributed by atoms with van der Waals surface area (Å²) in [5.41, 5.74) is 8.65. The molecule has 0 amide bonds. The van der Waals surface area contributed by atoms with Crippen LogP contribution in [0, 0.1) is 5.82 Å². The van der Waals surface area contributed by atoms with Gasteiger partial charge in [-0.05, 0) is 27.4 Å². The Labute approximate surface area is 174 Å². The van der Waals surface area contributed by atoms with Crippen molar-refractivity contribution in [2.75, 3.05) is 37.8 Å². The number of nitrogens with two attached hydrogens (primary N) is 1. The Kier molecular flexibility index (Phi) is 5.34. The Bertz CT molecular complexity index is 1090. The molecule has 2 aromatic carbocycles. The zero-order valence-corrected chi connectivity index (χ0v) is 17.4. The number of fused-ring (bicyclic) bond motifs is 2. The largest absolute Gasteiger partial charge is 0.505 e. The van der Waals surface area contributed by atoms with Crippen LogP contribution in [0.1, 0.15) is 18.2 Å². The van der Waals surface area contributed by atoms with Crippen molar-refractivity contribution in [2.24, 2.45) is 0 Å². The first-order valence-corrected chi connectivity index (χ1v) is 9.95. The summed E-state index contributed by atoms with van der Waals surface area (Å²) >= 11 is 0. The molecule has 7 nitrogen and oxygen atoms in total. The molecule has 0 fully saturated rings. The van der Waals surface area contributed by atoms with Gasteiger partial charge in [0, 0.05) is 41.2 Å². The average molecular weight is 411 g/mol. The van der Waals surface area contributed by atoms with Gasteiger partial charge >= 0.3 is 6.01 Å². The van der Waals surface area contributed by atoms with Crippen LogP contribution in [0.25, 0.3) is 10.8 Å². The number of benzene rings is 2. The fraction of sp³-hybridized carbons (Fsp3) is 0.364. The van der Waals surface area contributed by atoms with E-state index in [-0.39, 0.29) is 17.9 Å². The predicted molar refractivity (Wildman–Crippen MR) is 115 cm³/mol. The van der Waals surface area contributed by atoms with E-state index < -0.39 is 5.82 Å². The highest BCUT2D eigenvalue weighted by atomic mass is 19.1. The Morgan fingerprint density at radius 3 is 2.73 bits per heavy atom. The highest BCUT2D eigenvalue weighted by Crippen LogP contribution is 2.37. The summed E-state index contributed by atoms with van der Waals surface area (Å²) in [6.45, 7) is 3.81. The molecule has 158 valence electrons. The number of rotatable bonds is 5. The Balaban J connectivity index is 1.67. The summed E-state index contributed by atoms with van der Waals surface area (Å²) in [6, 6.07) is 8.88. The number of phenols is 1. The van der Waals surface area contributed by atoms with E-state index >= 15 is 0 Å². The number of aromatic hydroxyl groups is 1. The number of phenolic OH excluding ortho intramolecular Hbond substituents is 1. The van der Waals surface area contributed by atoms with Crippen molar-refractivity contribution < 1.29 is 14.2 Å². The van der Waals surface area contributed by atoms with Crippen LogP contribution in [0.5, 0.6) is 11.8 Å². The summed E-state index contributed by atoms with van der Waals surface area (Å²) in [5, 5.41) is 11.2. The highest BCUT2D eigenvalue weighted by molar-refractivity contribution is 5.96. The van der Waals surface area contributed by atoms with Crippen molar-refractivity contribution in [1.29, 1.82) is 0 Å². The second kappa shape index (κ2) is 7.95. The number of likely N-dealkylation sites (N-methyl/N-ethyl adjacent to an activating group) is 1. The Morgan fingerprint density at radius 1 is 1.27 bits per heavy atom. The van der Waals surface area contributed by atoms with Crippen LogP contribution < -0.4 is 15.4 Å². The van der Waals surface area contributed by atoms with Crippen molar-refractivity contribution >= 4 is 22.3 Å². The molecule has 0 saturated heterocycles. The quantitative estimate of drug-likeness (QED) is 0.667. The number of halogens is 1. The minimum atomic E-state index is -0.608. The molecule has 1 aliphatic rings. The van der Waals surface area contributed by atoms with E-state index in [4.69, 9.17) is 10.5 Å². The fourth-order valence-electron chi connectivity index (χ4n) is 3.99. The molecule has 0 bridgehead atoms. The van der Waals surface area contributed by atoms with Crippen molar-refractivity contribution in [3.05, 3.63) is 47.4 Å². The van der Waals surface area contributed by atoms with Crippen molar-refractivity contribution in [3.63, 3.8) is 0 Å². The van der Waals surface area contributed by atoms with Crippen LogP contribution in [0.4, 0.5) is 15.9 Å². The van der Waals surface area contributed by atoms with Gasteiger partial charge < -0.3 is 25.4 Å². The van der Waals surface area contributed by atoms with Gasteiger partial charge in [0.15, 0.2) is 11.6 Å². The van der Waals surface area contributed by atoms with E-state index in [2.05, 4.69) is 14.9 Å². The van der Waals surface area contributed by atoms with E-state index in [1.807, 2.05) is 38.1 Å². The number of ether oxygens (including phenoxy) is 1. The molecule has 0 unspecified atom stereocenters. The molecule has 30 heavy (non-hydrogen) atoms. The molecule has 1 aliphatic heterocycles. The van der Waals surface area contributed by atoms with Gasteiger partial charge in [0.25, 0.3) is 0 Å². The van der Waals surface area contributed by atoms with Gasteiger partial charge in [-0.25, -0.2) is 4.39 Å². The molecule has 1 atom stereocenters. The second-order valence-corrected chi connectivity index (χ2v) is 7.95. The lowest BCUT2D eigenvalue weighted by atomic mass is 10.0. The number of hydrogen-bond donors (Lipinski definition) is 2. The number of aromatic nitrogens is 2. The van der Waals surface area contributed by atoms with Gasteiger partial charge in [-0.2, -0.15) is 9.97 Å². The molecule has 0 spiro atoms. The van der Waals surface area contributed by atoms with Crippen LogP contribution in [-0.4, -0.2) is 53.3 Å². The second-order valence-electron chi connectivity index (χ2n) is 7.95. The third kappa shape index (κ3) is 3.82. The third-order valence-corrected chi connectivity index (χ3v) is 5.28. The van der Waals surface area contributed by atoms with Gasteiger partial charge in [0.1, 0.15) is 11.9 Å². The first-order chi connectivity index (χ1) is 14.3. The lowest BCUT2D eigenvalue weighted by Gasteiger charge is -2.31. The maximum atomic E-state index is 14.4. The molecule has 2 heterocycles. The number of nitrogens with zero attached hydrogens (tertiary/aromatic N) is 4.